The summed E-state index contributed by atoms with van der Waals surface area (Å²) in [6.45, 7) is 9.50. The maximum absolute atomic E-state index is 12.5. The Morgan fingerprint density at radius 2 is 1.91 bits per heavy atom. The second-order valence-electron chi connectivity index (χ2n) is 8.50. The van der Waals surface area contributed by atoms with Crippen molar-refractivity contribution in [2.45, 2.75) is 32.2 Å². The quantitative estimate of drug-likeness (QED) is 0.280. The van der Waals surface area contributed by atoms with Gasteiger partial charge in [0, 0.05) is 52.9 Å². The van der Waals surface area contributed by atoms with Gasteiger partial charge in [0.05, 0.1) is 0 Å². The van der Waals surface area contributed by atoms with Gasteiger partial charge in [-0.15, -0.1) is 0 Å². The number of guanidine groups is 1. The van der Waals surface area contributed by atoms with Crippen LogP contribution >= 0.6 is 0 Å². The van der Waals surface area contributed by atoms with Gasteiger partial charge < -0.3 is 15.5 Å². The van der Waals surface area contributed by atoms with Crippen LogP contribution in [0.3, 0.4) is 0 Å². The number of nitrogens with zero attached hydrogens (tertiary/aromatic N) is 4. The van der Waals surface area contributed by atoms with Gasteiger partial charge in [0.1, 0.15) is 5.54 Å². The predicted molar refractivity (Wildman–Crippen MR) is 128 cm³/mol. The SMILES string of the molecule is CCC1(C)NC(=O)N(CCCNC(=NC)N2CCN(C/C=C/c3ccccc3)CC2)C1=O. The molecule has 174 valence electrons. The number of hydrogen-bond acceptors (Lipinski definition) is 4. The Morgan fingerprint density at radius 1 is 1.19 bits per heavy atom. The Kier molecular flexibility index (Phi) is 8.27. The smallest absolute Gasteiger partial charge is 0.325 e. The molecular formula is C24H36N6O2. The highest BCUT2D eigenvalue weighted by molar-refractivity contribution is 6.06. The van der Waals surface area contributed by atoms with Crippen LogP contribution in [0, 0.1) is 0 Å². The van der Waals surface area contributed by atoms with Crippen LogP contribution in [0.2, 0.25) is 0 Å². The van der Waals surface area contributed by atoms with Crippen molar-refractivity contribution in [2.75, 3.05) is 52.9 Å². The lowest BCUT2D eigenvalue weighted by Gasteiger charge is -2.36. The molecule has 2 aliphatic heterocycles. The number of carbonyl (C=O) groups excluding carboxylic acids is 2. The van der Waals surface area contributed by atoms with E-state index in [0.29, 0.717) is 25.9 Å². The molecule has 0 saturated carbocycles. The molecule has 8 heteroatoms. The van der Waals surface area contributed by atoms with Crippen molar-refractivity contribution in [3.05, 3.63) is 42.0 Å². The molecule has 2 fully saturated rings. The fourth-order valence-electron chi connectivity index (χ4n) is 4.00. The van der Waals surface area contributed by atoms with E-state index < -0.39 is 5.54 Å². The summed E-state index contributed by atoms with van der Waals surface area (Å²) in [5.74, 6) is 0.742. The second kappa shape index (κ2) is 11.1. The van der Waals surface area contributed by atoms with E-state index in [9.17, 15) is 9.59 Å². The molecule has 3 rings (SSSR count). The van der Waals surface area contributed by atoms with Gasteiger partial charge in [-0.1, -0.05) is 49.4 Å². The van der Waals surface area contributed by atoms with Gasteiger partial charge in [-0.2, -0.15) is 0 Å². The summed E-state index contributed by atoms with van der Waals surface area (Å²) >= 11 is 0. The minimum Gasteiger partial charge on any atom is -0.356 e. The van der Waals surface area contributed by atoms with Gasteiger partial charge in [-0.25, -0.2) is 4.79 Å². The third-order valence-corrected chi connectivity index (χ3v) is 6.25. The van der Waals surface area contributed by atoms with Crippen molar-refractivity contribution in [3.8, 4) is 0 Å². The van der Waals surface area contributed by atoms with Crippen LogP contribution in [0.1, 0.15) is 32.3 Å². The molecule has 2 aliphatic rings. The summed E-state index contributed by atoms with van der Waals surface area (Å²) in [6, 6.07) is 10.1. The predicted octanol–water partition coefficient (Wildman–Crippen LogP) is 2.00. The first-order chi connectivity index (χ1) is 15.5. The minimum atomic E-state index is -0.767. The molecule has 0 radical (unpaired) electrons. The maximum Gasteiger partial charge on any atom is 0.325 e. The van der Waals surface area contributed by atoms with E-state index in [0.717, 1.165) is 38.7 Å². The highest BCUT2D eigenvalue weighted by atomic mass is 16.2. The van der Waals surface area contributed by atoms with Crippen molar-refractivity contribution in [1.29, 1.82) is 0 Å². The molecule has 0 spiro atoms. The molecular weight excluding hydrogens is 404 g/mol. The van der Waals surface area contributed by atoms with Crippen LogP contribution in [0.5, 0.6) is 0 Å². The number of rotatable bonds is 8. The van der Waals surface area contributed by atoms with Crippen LogP contribution < -0.4 is 10.6 Å². The lowest BCUT2D eigenvalue weighted by molar-refractivity contribution is -0.130. The lowest BCUT2D eigenvalue weighted by Crippen LogP contribution is -2.52. The molecule has 0 aliphatic carbocycles. The average molecular weight is 441 g/mol. The van der Waals surface area contributed by atoms with Crippen molar-refractivity contribution in [2.24, 2.45) is 4.99 Å². The first-order valence-electron chi connectivity index (χ1n) is 11.5. The summed E-state index contributed by atoms with van der Waals surface area (Å²) in [5.41, 5.74) is 0.458. The molecule has 0 bridgehead atoms. The fraction of sp³-hybridized carbons (Fsp3) is 0.542. The van der Waals surface area contributed by atoms with Gasteiger partial charge in [0.2, 0.25) is 0 Å². The number of hydrogen-bond donors (Lipinski definition) is 2. The molecule has 32 heavy (non-hydrogen) atoms. The lowest BCUT2D eigenvalue weighted by atomic mass is 9.99. The first kappa shape index (κ1) is 23.8. The van der Waals surface area contributed by atoms with E-state index in [2.05, 4.69) is 61.8 Å². The number of aliphatic imine (C=N–C) groups is 1. The van der Waals surface area contributed by atoms with Crippen LogP contribution in [0.4, 0.5) is 4.79 Å². The molecule has 1 unspecified atom stereocenters. The van der Waals surface area contributed by atoms with Crippen molar-refractivity contribution in [3.63, 3.8) is 0 Å². The molecule has 1 aromatic carbocycles. The zero-order valence-electron chi connectivity index (χ0n) is 19.5. The Balaban J connectivity index is 1.36. The fourth-order valence-corrected chi connectivity index (χ4v) is 4.00. The summed E-state index contributed by atoms with van der Waals surface area (Å²) < 4.78 is 0. The third kappa shape index (κ3) is 5.88. The maximum atomic E-state index is 12.5. The molecule has 1 atom stereocenters. The molecule has 2 heterocycles. The van der Waals surface area contributed by atoms with Gasteiger partial charge >= 0.3 is 6.03 Å². The number of piperazine rings is 1. The number of carbonyl (C=O) groups is 2. The summed E-state index contributed by atoms with van der Waals surface area (Å²) in [7, 11) is 1.79. The zero-order valence-corrected chi connectivity index (χ0v) is 19.5. The third-order valence-electron chi connectivity index (χ3n) is 6.25. The Bertz CT molecular complexity index is 832. The van der Waals surface area contributed by atoms with Crippen molar-refractivity contribution < 1.29 is 9.59 Å². The van der Waals surface area contributed by atoms with Crippen LogP contribution in [-0.4, -0.2) is 91.0 Å². The van der Waals surface area contributed by atoms with E-state index >= 15 is 0 Å². The number of imide groups is 1. The topological polar surface area (TPSA) is 80.3 Å². The van der Waals surface area contributed by atoms with E-state index in [1.165, 1.54) is 10.5 Å². The van der Waals surface area contributed by atoms with E-state index in [1.54, 1.807) is 14.0 Å². The summed E-state index contributed by atoms with van der Waals surface area (Å²) in [5, 5.41) is 6.18. The van der Waals surface area contributed by atoms with Gasteiger partial charge in [-0.3, -0.25) is 19.6 Å². The molecule has 8 nitrogen and oxygen atoms in total. The van der Waals surface area contributed by atoms with Crippen LogP contribution in [0.25, 0.3) is 6.08 Å². The van der Waals surface area contributed by atoms with Gasteiger partial charge in [0.15, 0.2) is 5.96 Å². The van der Waals surface area contributed by atoms with Crippen LogP contribution in [-0.2, 0) is 4.79 Å². The number of urea groups is 1. The number of amides is 3. The first-order valence-corrected chi connectivity index (χ1v) is 11.5. The second-order valence-corrected chi connectivity index (χ2v) is 8.50. The summed E-state index contributed by atoms with van der Waals surface area (Å²) in [4.78, 5) is 35.0. The molecule has 1 aromatic rings. The highest BCUT2D eigenvalue weighted by Gasteiger charge is 2.45. The zero-order chi connectivity index (χ0) is 23.0. The van der Waals surface area contributed by atoms with Gasteiger partial charge in [0.25, 0.3) is 5.91 Å². The molecule has 2 N–H and O–H groups in total. The Morgan fingerprint density at radius 3 is 2.53 bits per heavy atom. The largest absolute Gasteiger partial charge is 0.356 e. The minimum absolute atomic E-state index is 0.133. The van der Waals surface area contributed by atoms with E-state index in [4.69, 9.17) is 0 Å². The Hall–Kier alpha value is -2.87. The number of benzene rings is 1. The Labute approximate surface area is 191 Å². The molecule has 0 aromatic heterocycles. The van der Waals surface area contributed by atoms with E-state index in [-0.39, 0.29) is 11.9 Å². The standard InChI is InChI=1S/C24H36N6O2/c1-4-24(2)21(31)30(23(32)27-24)15-9-13-26-22(25-3)29-18-16-28(17-19-29)14-8-12-20-10-6-5-7-11-20/h5-8,10-12H,4,9,13-19H2,1-3H3,(H,25,26)(H,27,32)/b12-8+. The van der Waals surface area contributed by atoms with Crippen molar-refractivity contribution in [1.82, 2.24) is 25.3 Å². The normalized spacial score (nSPS) is 22.7. The van der Waals surface area contributed by atoms with E-state index in [1.807, 2.05) is 13.0 Å². The molecule has 3 amide bonds. The summed E-state index contributed by atoms with van der Waals surface area (Å²) in [6.07, 6.45) is 5.66. The highest BCUT2D eigenvalue weighted by Crippen LogP contribution is 2.20. The average Bonchev–Trinajstić information content (AvgIpc) is 3.03. The van der Waals surface area contributed by atoms with Crippen molar-refractivity contribution >= 4 is 24.0 Å². The molecule has 2 saturated heterocycles. The van der Waals surface area contributed by atoms with Gasteiger partial charge in [-0.05, 0) is 25.3 Å². The number of nitrogens with one attached hydrogen (secondary N) is 2. The van der Waals surface area contributed by atoms with Crippen LogP contribution in [0.15, 0.2) is 41.4 Å². The monoisotopic (exact) mass is 440 g/mol.